The van der Waals surface area contributed by atoms with E-state index in [1.165, 1.54) is 32.1 Å². The Kier molecular flexibility index (Phi) is 3.69. The van der Waals surface area contributed by atoms with Crippen molar-refractivity contribution in [3.05, 3.63) is 18.1 Å². The third-order valence-corrected chi connectivity index (χ3v) is 4.39. The topological polar surface area (TPSA) is 47.0 Å². The van der Waals surface area contributed by atoms with Crippen molar-refractivity contribution in [2.45, 2.75) is 63.5 Å². The number of aryl methyl sites for hydroxylation is 1. The van der Waals surface area contributed by atoms with Crippen LogP contribution in [-0.4, -0.2) is 28.2 Å². The summed E-state index contributed by atoms with van der Waals surface area (Å²) in [6.07, 6.45) is 10.5. The minimum atomic E-state index is 0.149. The molecule has 1 aliphatic carbocycles. The third-order valence-electron chi connectivity index (χ3n) is 4.39. The fraction of sp³-hybridized carbons (Fsp3) is 0.733. The monoisotopic (exact) mass is 261 g/mol. The number of ether oxygens (including phenoxy) is 1. The number of hydrogen-bond donors (Lipinski definition) is 1. The molecule has 2 heterocycles. The summed E-state index contributed by atoms with van der Waals surface area (Å²) in [6, 6.07) is 2.44. The van der Waals surface area contributed by atoms with Crippen molar-refractivity contribution in [2.24, 2.45) is 0 Å². The highest BCUT2D eigenvalue weighted by molar-refractivity contribution is 5.34. The second-order valence-corrected chi connectivity index (χ2v) is 5.92. The molecule has 1 unspecified atom stereocenters. The van der Waals surface area contributed by atoms with Gasteiger partial charge >= 0.3 is 0 Å². The largest absolute Gasteiger partial charge is 0.375 e. The summed E-state index contributed by atoms with van der Waals surface area (Å²) in [5.74, 6) is 1.77. The van der Waals surface area contributed by atoms with Gasteiger partial charge in [-0.05, 0) is 38.7 Å². The van der Waals surface area contributed by atoms with Crippen LogP contribution in [0.25, 0.3) is 0 Å². The summed E-state index contributed by atoms with van der Waals surface area (Å²) in [5.41, 5.74) is 0.149. The Balaban J connectivity index is 1.65. The predicted molar refractivity (Wildman–Crippen MR) is 75.2 cm³/mol. The van der Waals surface area contributed by atoms with Crippen molar-refractivity contribution in [1.82, 2.24) is 9.97 Å². The van der Waals surface area contributed by atoms with E-state index in [0.29, 0.717) is 6.04 Å². The van der Waals surface area contributed by atoms with E-state index in [1.807, 2.05) is 19.2 Å². The molecule has 1 aromatic rings. The lowest BCUT2D eigenvalue weighted by Crippen LogP contribution is -2.45. The molecule has 0 radical (unpaired) electrons. The number of nitrogens with zero attached hydrogens (tertiary/aromatic N) is 2. The van der Waals surface area contributed by atoms with E-state index >= 15 is 0 Å². The highest BCUT2D eigenvalue weighted by Crippen LogP contribution is 2.39. The van der Waals surface area contributed by atoms with E-state index in [0.717, 1.165) is 31.1 Å². The van der Waals surface area contributed by atoms with E-state index in [9.17, 15) is 0 Å². The summed E-state index contributed by atoms with van der Waals surface area (Å²) >= 11 is 0. The molecule has 0 bridgehead atoms. The first-order valence-corrected chi connectivity index (χ1v) is 7.46. The highest BCUT2D eigenvalue weighted by atomic mass is 16.5. The van der Waals surface area contributed by atoms with Crippen LogP contribution < -0.4 is 5.32 Å². The molecule has 2 aliphatic rings. The van der Waals surface area contributed by atoms with E-state index in [2.05, 4.69) is 15.3 Å². The zero-order chi connectivity index (χ0) is 13.1. The summed E-state index contributed by atoms with van der Waals surface area (Å²) in [7, 11) is 0. The molecule has 1 atom stereocenters. The molecule has 1 spiro atoms. The van der Waals surface area contributed by atoms with E-state index in [-0.39, 0.29) is 5.60 Å². The standard InChI is InChI=1S/C15H23N3O/c1-12-16-9-5-14(17-12)18-13-6-10-19-15(11-13)7-3-2-4-8-15/h5,9,13H,2-4,6-8,10-11H2,1H3,(H,16,17,18). The normalized spacial score (nSPS) is 26.3. The molecule has 3 rings (SSSR count). The van der Waals surface area contributed by atoms with E-state index in [1.54, 1.807) is 0 Å². The van der Waals surface area contributed by atoms with Crippen molar-refractivity contribution < 1.29 is 4.74 Å². The lowest BCUT2D eigenvalue weighted by Gasteiger charge is -2.43. The third kappa shape index (κ3) is 3.06. The van der Waals surface area contributed by atoms with Crippen LogP contribution in [0.2, 0.25) is 0 Å². The van der Waals surface area contributed by atoms with Crippen LogP contribution in [0.5, 0.6) is 0 Å². The lowest BCUT2D eigenvalue weighted by molar-refractivity contribution is -0.103. The van der Waals surface area contributed by atoms with Crippen LogP contribution in [0.15, 0.2) is 12.3 Å². The van der Waals surface area contributed by atoms with Gasteiger partial charge in [0, 0.05) is 18.8 Å². The first-order valence-electron chi connectivity index (χ1n) is 7.46. The van der Waals surface area contributed by atoms with Crippen LogP contribution >= 0.6 is 0 Å². The fourth-order valence-electron chi connectivity index (χ4n) is 3.44. The highest BCUT2D eigenvalue weighted by Gasteiger charge is 2.38. The maximum absolute atomic E-state index is 6.13. The molecule has 1 aliphatic heterocycles. The average molecular weight is 261 g/mol. The van der Waals surface area contributed by atoms with Crippen LogP contribution in [0.1, 0.15) is 50.8 Å². The van der Waals surface area contributed by atoms with Crippen LogP contribution in [0.3, 0.4) is 0 Å². The number of nitrogens with one attached hydrogen (secondary N) is 1. The molecular formula is C15H23N3O. The second kappa shape index (κ2) is 5.45. The van der Waals surface area contributed by atoms with Gasteiger partial charge in [0.15, 0.2) is 0 Å². The van der Waals surface area contributed by atoms with E-state index in [4.69, 9.17) is 4.74 Å². The molecule has 104 valence electrons. The molecule has 1 saturated carbocycles. The summed E-state index contributed by atoms with van der Waals surface area (Å²) < 4.78 is 6.13. The van der Waals surface area contributed by atoms with E-state index < -0.39 is 0 Å². The van der Waals surface area contributed by atoms with Gasteiger partial charge < -0.3 is 10.1 Å². The zero-order valence-corrected chi connectivity index (χ0v) is 11.7. The number of aromatic nitrogens is 2. The first kappa shape index (κ1) is 12.9. The van der Waals surface area contributed by atoms with Crippen LogP contribution in [0.4, 0.5) is 5.82 Å². The van der Waals surface area contributed by atoms with Crippen molar-refractivity contribution in [3.63, 3.8) is 0 Å². The number of hydrogen-bond acceptors (Lipinski definition) is 4. The summed E-state index contributed by atoms with van der Waals surface area (Å²) in [4.78, 5) is 8.58. The number of rotatable bonds is 2. The lowest BCUT2D eigenvalue weighted by atomic mass is 9.78. The Labute approximate surface area is 115 Å². The van der Waals surface area contributed by atoms with Gasteiger partial charge in [0.1, 0.15) is 11.6 Å². The van der Waals surface area contributed by atoms with Gasteiger partial charge in [0.25, 0.3) is 0 Å². The quantitative estimate of drug-likeness (QED) is 0.888. The molecular weight excluding hydrogens is 238 g/mol. The minimum Gasteiger partial charge on any atom is -0.375 e. The maximum Gasteiger partial charge on any atom is 0.129 e. The zero-order valence-electron chi connectivity index (χ0n) is 11.7. The Hall–Kier alpha value is -1.16. The predicted octanol–water partition coefficient (Wildman–Crippen LogP) is 3.08. The fourth-order valence-corrected chi connectivity index (χ4v) is 3.44. The second-order valence-electron chi connectivity index (χ2n) is 5.92. The molecule has 1 saturated heterocycles. The van der Waals surface area contributed by atoms with Crippen molar-refractivity contribution in [1.29, 1.82) is 0 Å². The Bertz CT molecular complexity index is 424. The molecule has 0 amide bonds. The Morgan fingerprint density at radius 1 is 1.32 bits per heavy atom. The van der Waals surface area contributed by atoms with Gasteiger partial charge in [0.05, 0.1) is 5.60 Å². The SMILES string of the molecule is Cc1nccc(NC2CCOC3(CCCCC3)C2)n1. The Morgan fingerprint density at radius 3 is 2.95 bits per heavy atom. The summed E-state index contributed by atoms with van der Waals surface area (Å²) in [6.45, 7) is 2.81. The van der Waals surface area contributed by atoms with Crippen molar-refractivity contribution in [3.8, 4) is 0 Å². The number of anilines is 1. The maximum atomic E-state index is 6.13. The van der Waals surface area contributed by atoms with Crippen LogP contribution in [-0.2, 0) is 4.74 Å². The molecule has 1 N–H and O–H groups in total. The van der Waals surface area contributed by atoms with Crippen molar-refractivity contribution in [2.75, 3.05) is 11.9 Å². The molecule has 2 fully saturated rings. The first-order chi connectivity index (χ1) is 9.26. The molecule has 4 nitrogen and oxygen atoms in total. The van der Waals surface area contributed by atoms with Gasteiger partial charge in [-0.15, -0.1) is 0 Å². The smallest absolute Gasteiger partial charge is 0.129 e. The Morgan fingerprint density at radius 2 is 2.16 bits per heavy atom. The molecule has 1 aromatic heterocycles. The van der Waals surface area contributed by atoms with Gasteiger partial charge in [-0.25, -0.2) is 9.97 Å². The van der Waals surface area contributed by atoms with Gasteiger partial charge in [-0.2, -0.15) is 0 Å². The van der Waals surface area contributed by atoms with Gasteiger partial charge in [0.2, 0.25) is 0 Å². The molecule has 4 heteroatoms. The summed E-state index contributed by atoms with van der Waals surface area (Å²) in [5, 5.41) is 3.56. The van der Waals surface area contributed by atoms with Gasteiger partial charge in [-0.3, -0.25) is 0 Å². The molecule has 19 heavy (non-hydrogen) atoms. The average Bonchev–Trinajstić information content (AvgIpc) is 2.40. The minimum absolute atomic E-state index is 0.149. The van der Waals surface area contributed by atoms with Gasteiger partial charge in [-0.1, -0.05) is 19.3 Å². The molecule has 0 aromatic carbocycles. The van der Waals surface area contributed by atoms with Crippen molar-refractivity contribution >= 4 is 5.82 Å². The van der Waals surface area contributed by atoms with Crippen LogP contribution in [0, 0.1) is 6.92 Å².